The number of rotatable bonds is 4. The van der Waals surface area contributed by atoms with Gasteiger partial charge in [-0.2, -0.15) is 0 Å². The van der Waals surface area contributed by atoms with Gasteiger partial charge in [-0.25, -0.2) is 0 Å². The minimum Gasteiger partial charge on any atom is -0.354 e. The summed E-state index contributed by atoms with van der Waals surface area (Å²) in [5, 5.41) is 6.19. The molecule has 25 heavy (non-hydrogen) atoms. The molecule has 7 heteroatoms. The summed E-state index contributed by atoms with van der Waals surface area (Å²) in [5.74, 6) is -1.07. The summed E-state index contributed by atoms with van der Waals surface area (Å²) in [6.07, 6.45) is 2.00. The molecule has 136 valence electrons. The largest absolute Gasteiger partial charge is 0.354 e. The fourth-order valence-corrected chi connectivity index (χ4v) is 3.27. The number of amides is 3. The average Bonchev–Trinajstić information content (AvgIpc) is 2.78. The third-order valence-electron chi connectivity index (χ3n) is 4.95. The first-order valence-corrected chi connectivity index (χ1v) is 8.34. The van der Waals surface area contributed by atoms with E-state index < -0.39 is 5.91 Å². The minimum atomic E-state index is -0.391. The molecule has 2 aliphatic heterocycles. The first-order valence-electron chi connectivity index (χ1n) is 8.34. The Labute approximate surface area is 153 Å². The van der Waals surface area contributed by atoms with E-state index in [1.165, 1.54) is 0 Å². The first kappa shape index (κ1) is 19.4. The fraction of sp³-hybridized carbons (Fsp3) is 0.500. The smallest absolute Gasteiger partial charge is 0.262 e. The molecule has 0 aromatic heterocycles. The van der Waals surface area contributed by atoms with Gasteiger partial charge in [0.05, 0.1) is 11.1 Å². The van der Waals surface area contributed by atoms with Gasteiger partial charge in [-0.1, -0.05) is 18.6 Å². The molecule has 1 fully saturated rings. The van der Waals surface area contributed by atoms with Crippen molar-refractivity contribution in [1.29, 1.82) is 0 Å². The van der Waals surface area contributed by atoms with Gasteiger partial charge in [0.1, 0.15) is 6.54 Å². The van der Waals surface area contributed by atoms with Gasteiger partial charge in [0.15, 0.2) is 0 Å². The number of imide groups is 1. The quantitative estimate of drug-likeness (QED) is 0.793. The standard InChI is InChI=1S/C18H23N3O3.ClH/c1-12-3-4-13-14(9-12)17(24)21(16(13)23)10-15(22)20-11-18(2)5-7-19-8-6-18;/h3-4,9,19H,5-8,10-11H2,1-2H3,(H,20,22);1H. The summed E-state index contributed by atoms with van der Waals surface area (Å²) < 4.78 is 0. The van der Waals surface area contributed by atoms with Gasteiger partial charge in [-0.3, -0.25) is 19.3 Å². The van der Waals surface area contributed by atoms with E-state index in [4.69, 9.17) is 0 Å². The Morgan fingerprint density at radius 1 is 1.20 bits per heavy atom. The molecule has 3 rings (SSSR count). The highest BCUT2D eigenvalue weighted by molar-refractivity contribution is 6.22. The highest BCUT2D eigenvalue weighted by Gasteiger charge is 2.37. The average molecular weight is 366 g/mol. The fourth-order valence-electron chi connectivity index (χ4n) is 3.27. The van der Waals surface area contributed by atoms with Crippen LogP contribution in [0, 0.1) is 12.3 Å². The van der Waals surface area contributed by atoms with E-state index >= 15 is 0 Å². The van der Waals surface area contributed by atoms with E-state index in [1.54, 1.807) is 18.2 Å². The number of halogens is 1. The Kier molecular flexibility index (Phi) is 5.85. The van der Waals surface area contributed by atoms with Crippen LogP contribution in [-0.4, -0.2) is 48.8 Å². The molecule has 1 saturated heterocycles. The zero-order valence-corrected chi connectivity index (χ0v) is 15.4. The van der Waals surface area contributed by atoms with Crippen molar-refractivity contribution >= 4 is 30.1 Å². The summed E-state index contributed by atoms with van der Waals surface area (Å²) in [4.78, 5) is 38.0. The van der Waals surface area contributed by atoms with Crippen molar-refractivity contribution in [2.24, 2.45) is 5.41 Å². The lowest BCUT2D eigenvalue weighted by molar-refractivity contribution is -0.122. The number of benzene rings is 1. The maximum absolute atomic E-state index is 12.4. The highest BCUT2D eigenvalue weighted by Crippen LogP contribution is 2.27. The van der Waals surface area contributed by atoms with E-state index in [2.05, 4.69) is 17.6 Å². The van der Waals surface area contributed by atoms with Crippen LogP contribution in [0.1, 0.15) is 46.0 Å². The molecule has 2 heterocycles. The van der Waals surface area contributed by atoms with E-state index in [0.717, 1.165) is 36.4 Å². The van der Waals surface area contributed by atoms with Gasteiger partial charge in [0.25, 0.3) is 11.8 Å². The first-order chi connectivity index (χ1) is 11.4. The van der Waals surface area contributed by atoms with Crippen LogP contribution in [0.3, 0.4) is 0 Å². The molecular formula is C18H24ClN3O3. The van der Waals surface area contributed by atoms with Crippen molar-refractivity contribution in [3.05, 3.63) is 34.9 Å². The van der Waals surface area contributed by atoms with Crippen molar-refractivity contribution in [3.63, 3.8) is 0 Å². The summed E-state index contributed by atoms with van der Waals surface area (Å²) in [6.45, 7) is 6.26. The number of carbonyl (C=O) groups is 3. The zero-order chi connectivity index (χ0) is 17.3. The van der Waals surface area contributed by atoms with Gasteiger partial charge < -0.3 is 10.6 Å². The molecule has 0 saturated carbocycles. The van der Waals surface area contributed by atoms with Crippen LogP contribution in [0.15, 0.2) is 18.2 Å². The Balaban J connectivity index is 0.00000225. The number of nitrogens with one attached hydrogen (secondary N) is 2. The second-order valence-corrected chi connectivity index (χ2v) is 7.08. The lowest BCUT2D eigenvalue weighted by atomic mass is 9.81. The van der Waals surface area contributed by atoms with Crippen LogP contribution < -0.4 is 10.6 Å². The number of hydrogen-bond acceptors (Lipinski definition) is 4. The number of aryl methyl sites for hydroxylation is 1. The lowest BCUT2D eigenvalue weighted by Crippen LogP contribution is -2.46. The van der Waals surface area contributed by atoms with Crippen LogP contribution in [0.2, 0.25) is 0 Å². The van der Waals surface area contributed by atoms with Crippen LogP contribution in [-0.2, 0) is 4.79 Å². The van der Waals surface area contributed by atoms with E-state index in [9.17, 15) is 14.4 Å². The van der Waals surface area contributed by atoms with Crippen LogP contribution >= 0.6 is 12.4 Å². The number of nitrogens with zero attached hydrogens (tertiary/aromatic N) is 1. The third-order valence-corrected chi connectivity index (χ3v) is 4.95. The predicted octanol–water partition coefficient (Wildman–Crippen LogP) is 1.52. The normalized spacial score (nSPS) is 18.6. The van der Waals surface area contributed by atoms with Crippen molar-refractivity contribution in [2.45, 2.75) is 26.7 Å². The molecule has 0 aliphatic carbocycles. The lowest BCUT2D eigenvalue weighted by Gasteiger charge is -2.34. The van der Waals surface area contributed by atoms with E-state index in [1.807, 2.05) is 6.92 Å². The van der Waals surface area contributed by atoms with E-state index in [0.29, 0.717) is 17.7 Å². The Hall–Kier alpha value is -1.92. The molecule has 0 spiro atoms. The molecule has 1 aromatic rings. The molecule has 0 unspecified atom stereocenters. The molecule has 6 nitrogen and oxygen atoms in total. The minimum absolute atomic E-state index is 0. The monoisotopic (exact) mass is 365 g/mol. The second-order valence-electron chi connectivity index (χ2n) is 7.08. The second kappa shape index (κ2) is 7.54. The molecule has 0 bridgehead atoms. The predicted molar refractivity (Wildman–Crippen MR) is 97.0 cm³/mol. The topological polar surface area (TPSA) is 78.5 Å². The number of hydrogen-bond donors (Lipinski definition) is 2. The summed E-state index contributed by atoms with van der Waals surface area (Å²) in [6, 6.07) is 5.15. The van der Waals surface area contributed by atoms with Crippen molar-refractivity contribution in [3.8, 4) is 0 Å². The van der Waals surface area contributed by atoms with Crippen LogP contribution in [0.4, 0.5) is 0 Å². The summed E-state index contributed by atoms with van der Waals surface area (Å²) >= 11 is 0. The van der Waals surface area contributed by atoms with Gasteiger partial charge in [0, 0.05) is 6.54 Å². The molecule has 0 radical (unpaired) electrons. The zero-order valence-electron chi connectivity index (χ0n) is 14.6. The Morgan fingerprint density at radius 3 is 2.52 bits per heavy atom. The molecule has 0 atom stereocenters. The molecular weight excluding hydrogens is 342 g/mol. The molecule has 2 aliphatic rings. The van der Waals surface area contributed by atoms with E-state index in [-0.39, 0.29) is 36.2 Å². The highest BCUT2D eigenvalue weighted by atomic mass is 35.5. The SMILES string of the molecule is Cc1ccc2c(c1)C(=O)N(CC(=O)NCC1(C)CCNCC1)C2=O.Cl. The van der Waals surface area contributed by atoms with Gasteiger partial charge in [-0.05, 0) is 50.4 Å². The molecule has 3 amide bonds. The third kappa shape index (κ3) is 4.02. The Bertz CT molecular complexity index is 699. The van der Waals surface area contributed by atoms with Gasteiger partial charge in [-0.15, -0.1) is 12.4 Å². The van der Waals surface area contributed by atoms with Crippen LogP contribution in [0.25, 0.3) is 0 Å². The molecule has 2 N–H and O–H groups in total. The summed E-state index contributed by atoms with van der Waals surface area (Å²) in [7, 11) is 0. The number of piperidine rings is 1. The number of carbonyl (C=O) groups excluding carboxylic acids is 3. The maximum Gasteiger partial charge on any atom is 0.262 e. The Morgan fingerprint density at radius 2 is 1.84 bits per heavy atom. The van der Waals surface area contributed by atoms with Crippen molar-refractivity contribution in [2.75, 3.05) is 26.2 Å². The maximum atomic E-state index is 12.4. The van der Waals surface area contributed by atoms with Gasteiger partial charge in [0.2, 0.25) is 5.91 Å². The number of fused-ring (bicyclic) bond motifs is 1. The summed E-state index contributed by atoms with van der Waals surface area (Å²) in [5.41, 5.74) is 1.75. The van der Waals surface area contributed by atoms with Crippen molar-refractivity contribution < 1.29 is 14.4 Å². The van der Waals surface area contributed by atoms with Crippen molar-refractivity contribution in [1.82, 2.24) is 15.5 Å². The molecule has 1 aromatic carbocycles. The van der Waals surface area contributed by atoms with Crippen LogP contribution in [0.5, 0.6) is 0 Å². The van der Waals surface area contributed by atoms with Gasteiger partial charge >= 0.3 is 0 Å².